The number of rotatable bonds is 14. The number of urea groups is 2. The van der Waals surface area contributed by atoms with Crippen LogP contribution in [0.3, 0.4) is 0 Å². The lowest BCUT2D eigenvalue weighted by molar-refractivity contribution is -0.137. The second kappa shape index (κ2) is 28.6. The summed E-state index contributed by atoms with van der Waals surface area (Å²) in [5, 5.41) is 11.8. The second-order valence-corrected chi connectivity index (χ2v) is 24.9. The summed E-state index contributed by atoms with van der Waals surface area (Å²) in [5.41, 5.74) is 4.20. The summed E-state index contributed by atoms with van der Waals surface area (Å²) in [6.45, 7) is 19.0. The van der Waals surface area contributed by atoms with E-state index in [1.165, 1.54) is 85.4 Å². The number of amides is 4. The zero-order valence-electron chi connectivity index (χ0n) is 50.6. The number of benzene rings is 5. The molecular formula is C67H55Cl2F3N14O7S2. The van der Waals surface area contributed by atoms with Crippen LogP contribution in [0.5, 0.6) is 11.5 Å². The summed E-state index contributed by atoms with van der Waals surface area (Å²) < 4.78 is 58.5. The van der Waals surface area contributed by atoms with Gasteiger partial charge < -0.3 is 39.5 Å². The van der Waals surface area contributed by atoms with Gasteiger partial charge in [-0.05, 0) is 66.7 Å². The van der Waals surface area contributed by atoms with E-state index in [1.54, 1.807) is 51.4 Å². The van der Waals surface area contributed by atoms with E-state index >= 15 is 0 Å². The standard InChI is InChI=1S/C35H29ClFN7O4S.C32H26ClF2N7O3S/c1-38-22-4-8-25(9-5-22)48-26-10-6-23(7-11-26)44-19-24-18-42(14-15-43(24)35(44)46)20-29-30(34(45)47-2)31(27-12-3-21(37)17-28(27)36)41-32(40-29)33-39-13-16-49-33;1-36-21-7-5-19(25(35)15-21)4-3-10-41-17-22-16-40(11-12-42(22)32(41)44)18-26-27(31(43)45-2)28(23-8-6-20(34)14-24(23)33)39-29(38-26)30-37-9-13-46-30/h3-13,16-17,24,31H,14-15,18-20H2,2H3,(H,40,41);5-9,13-15,22,28H,10-12,16-18H2,2H3,(H,38,39)/t24-,31-;22-,28-/m00/s1. The second-order valence-electron chi connectivity index (χ2n) is 22.3. The number of aliphatic imine (C=N–C) groups is 2. The van der Waals surface area contributed by atoms with Crippen molar-refractivity contribution < 1.29 is 46.6 Å². The van der Waals surface area contributed by atoms with Gasteiger partial charge in [-0.1, -0.05) is 71.4 Å². The minimum absolute atomic E-state index is 0.0671. The van der Waals surface area contributed by atoms with Crippen LogP contribution < -0.4 is 20.3 Å². The zero-order valence-corrected chi connectivity index (χ0v) is 53.8. The quantitative estimate of drug-likeness (QED) is 0.0593. The molecule has 6 aliphatic heterocycles. The van der Waals surface area contributed by atoms with Crippen LogP contribution in [-0.4, -0.2) is 168 Å². The molecule has 21 nitrogen and oxygen atoms in total. The Morgan fingerprint density at radius 3 is 1.63 bits per heavy atom. The van der Waals surface area contributed by atoms with Gasteiger partial charge in [0.25, 0.3) is 0 Å². The summed E-state index contributed by atoms with van der Waals surface area (Å²) in [7, 11) is 2.59. The molecule has 4 atom stereocenters. The van der Waals surface area contributed by atoms with Gasteiger partial charge in [-0.25, -0.2) is 52.0 Å². The molecule has 0 aliphatic carbocycles. The molecule has 0 spiro atoms. The maximum absolute atomic E-state index is 14.2. The number of methoxy groups -OCH3 is 2. The summed E-state index contributed by atoms with van der Waals surface area (Å²) in [4.78, 5) is 89.6. The van der Waals surface area contributed by atoms with Gasteiger partial charge in [0, 0.05) is 127 Å². The van der Waals surface area contributed by atoms with Crippen LogP contribution in [0.4, 0.5) is 39.8 Å². The number of thiazole rings is 2. The highest BCUT2D eigenvalue weighted by Gasteiger charge is 2.44. The molecule has 0 radical (unpaired) electrons. The summed E-state index contributed by atoms with van der Waals surface area (Å²) >= 11 is 15.7. The number of carbonyl (C=O) groups is 4. The number of nitrogens with one attached hydrogen (secondary N) is 2. The highest BCUT2D eigenvalue weighted by Crippen LogP contribution is 2.40. The molecule has 2 N–H and O–H groups in total. The van der Waals surface area contributed by atoms with Crippen LogP contribution in [0.15, 0.2) is 159 Å². The molecule has 6 aliphatic rings. The highest BCUT2D eigenvalue weighted by molar-refractivity contribution is 7.12. The number of amidine groups is 2. The number of anilines is 1. The van der Waals surface area contributed by atoms with Crippen LogP contribution in [0.25, 0.3) is 9.69 Å². The van der Waals surface area contributed by atoms with Gasteiger partial charge in [-0.2, -0.15) is 0 Å². The molecule has 95 heavy (non-hydrogen) atoms. The van der Waals surface area contributed by atoms with Gasteiger partial charge in [0.15, 0.2) is 33.1 Å². The Hall–Kier alpha value is -10.1. The van der Waals surface area contributed by atoms with Crippen LogP contribution in [-0.2, 0) is 19.1 Å². The fraction of sp³-hybridized carbons (Fsp3) is 0.254. The first kappa shape index (κ1) is 65.0. The van der Waals surface area contributed by atoms with Crippen LogP contribution in [0.2, 0.25) is 10.0 Å². The third-order valence-electron chi connectivity index (χ3n) is 16.5. The molecule has 0 bridgehead atoms. The largest absolute Gasteiger partial charge is 0.466 e. The fourth-order valence-electron chi connectivity index (χ4n) is 12.0. The third-order valence-corrected chi connectivity index (χ3v) is 18.7. The van der Waals surface area contributed by atoms with E-state index in [0.29, 0.717) is 127 Å². The maximum Gasteiger partial charge on any atom is 0.338 e. The average Bonchev–Trinajstić information content (AvgIpc) is 1.64. The number of nitrogens with zero attached hydrogens (tertiary/aromatic N) is 12. The average molecular weight is 1360 g/mol. The number of fused-ring (bicyclic) bond motifs is 2. The van der Waals surface area contributed by atoms with E-state index in [9.17, 15) is 32.3 Å². The molecular weight excluding hydrogens is 1300 g/mol. The Morgan fingerprint density at radius 2 is 1.15 bits per heavy atom. The minimum atomic E-state index is -0.874. The van der Waals surface area contributed by atoms with Gasteiger partial charge in [0.1, 0.15) is 41.0 Å². The molecule has 4 amide bonds. The van der Waals surface area contributed by atoms with Crippen molar-refractivity contribution in [2.75, 3.05) is 91.1 Å². The normalized spacial score (nSPS) is 19.4. The van der Waals surface area contributed by atoms with Crippen molar-refractivity contribution in [1.82, 2.24) is 45.1 Å². The smallest absolute Gasteiger partial charge is 0.338 e. The van der Waals surface area contributed by atoms with Crippen molar-refractivity contribution in [3.05, 3.63) is 226 Å². The predicted molar refractivity (Wildman–Crippen MR) is 352 cm³/mol. The molecule has 7 aromatic rings. The van der Waals surface area contributed by atoms with E-state index in [1.807, 2.05) is 39.9 Å². The summed E-state index contributed by atoms with van der Waals surface area (Å²) in [5.74, 6) is 5.03. The zero-order chi connectivity index (χ0) is 66.4. The lowest BCUT2D eigenvalue weighted by atomic mass is 9.95. The van der Waals surface area contributed by atoms with Crippen molar-refractivity contribution in [2.45, 2.75) is 24.2 Å². The van der Waals surface area contributed by atoms with Gasteiger partial charge in [-0.15, -0.1) is 22.7 Å². The first-order chi connectivity index (χ1) is 46.1. The first-order valence-electron chi connectivity index (χ1n) is 29.6. The first-order valence-corrected chi connectivity index (χ1v) is 32.1. The number of ether oxygens (including phenoxy) is 3. The molecule has 8 heterocycles. The topological polar surface area (TPSA) is 199 Å². The Balaban J connectivity index is 0.000000182. The monoisotopic (exact) mass is 1360 g/mol. The molecule has 0 unspecified atom stereocenters. The summed E-state index contributed by atoms with van der Waals surface area (Å²) in [6, 6.07) is 24.1. The Kier molecular flexibility index (Phi) is 19.6. The van der Waals surface area contributed by atoms with Crippen LogP contribution >= 0.6 is 45.9 Å². The number of carbonyl (C=O) groups excluding carboxylic acids is 4. The molecule has 4 fully saturated rings. The van der Waals surface area contributed by atoms with E-state index < -0.39 is 41.5 Å². The Labute approximate surface area is 561 Å². The SMILES string of the molecule is [C-]#[N+]c1ccc(C#CCN2C[C@@H]3CN(CC4=C(C(=O)OC)[C@H](c5ccc(F)cc5Cl)N=C(c5nccs5)N4)CCN3C2=O)c(F)c1.[C-]#[N+]c1ccc(Oc2ccc(N3C[C@@H]4CN(CC5=C(C(=O)OC)[C@H](c6ccc(F)cc6Cl)N=C(c6nccs6)N5)CCN4C3=O)cc2)cc1. The predicted octanol–water partition coefficient (Wildman–Crippen LogP) is 11.0. The van der Waals surface area contributed by atoms with E-state index in [2.05, 4.69) is 51.9 Å². The van der Waals surface area contributed by atoms with Crippen LogP contribution in [0, 0.1) is 42.4 Å². The molecule has 0 saturated carbocycles. The number of hydrogen-bond acceptors (Lipinski definition) is 17. The Morgan fingerprint density at radius 1 is 0.642 bits per heavy atom. The summed E-state index contributed by atoms with van der Waals surface area (Å²) in [6.07, 6.45) is 3.32. The molecule has 13 rings (SSSR count). The van der Waals surface area contributed by atoms with Crippen molar-refractivity contribution in [3.8, 4) is 23.3 Å². The van der Waals surface area contributed by atoms with Gasteiger partial charge in [0.2, 0.25) is 0 Å². The fourth-order valence-corrected chi connectivity index (χ4v) is 13.7. The van der Waals surface area contributed by atoms with Gasteiger partial charge >= 0.3 is 24.0 Å². The lowest BCUT2D eigenvalue weighted by Crippen LogP contribution is -2.53. The number of hydrogen-bond donors (Lipinski definition) is 2. The van der Waals surface area contributed by atoms with Crippen molar-refractivity contribution >= 4 is 98.6 Å². The molecule has 482 valence electrons. The van der Waals surface area contributed by atoms with Crippen LogP contribution in [0.1, 0.15) is 38.8 Å². The third kappa shape index (κ3) is 14.2. The molecule has 28 heteroatoms. The maximum atomic E-state index is 14.2. The van der Waals surface area contributed by atoms with E-state index in [-0.39, 0.29) is 63.1 Å². The van der Waals surface area contributed by atoms with E-state index in [4.69, 9.17) is 60.5 Å². The molecule has 4 saturated heterocycles. The Bertz CT molecular complexity index is 4420. The lowest BCUT2D eigenvalue weighted by Gasteiger charge is -2.38. The van der Waals surface area contributed by atoms with Gasteiger partial charge in [-0.3, -0.25) is 24.7 Å². The van der Waals surface area contributed by atoms with E-state index in [0.717, 1.165) is 11.8 Å². The van der Waals surface area contributed by atoms with Crippen molar-refractivity contribution in [3.63, 3.8) is 0 Å². The molecule has 2 aromatic heterocycles. The number of halogens is 5. The molecule has 5 aromatic carbocycles. The number of esters is 2. The minimum Gasteiger partial charge on any atom is -0.466 e. The van der Waals surface area contributed by atoms with Gasteiger partial charge in [0.05, 0.1) is 62.7 Å². The van der Waals surface area contributed by atoms with Crippen molar-refractivity contribution in [1.29, 1.82) is 0 Å². The van der Waals surface area contributed by atoms with Crippen molar-refractivity contribution in [2.24, 2.45) is 9.98 Å². The number of piperazine rings is 2. The highest BCUT2D eigenvalue weighted by atomic mass is 35.5. The number of aromatic nitrogens is 2.